The Morgan fingerprint density at radius 3 is 1.22 bits per heavy atom. The van der Waals surface area contributed by atoms with E-state index in [2.05, 4.69) is 66.7 Å². The molecule has 1 nitrogen and oxygen atoms in total. The lowest BCUT2D eigenvalue weighted by Crippen LogP contribution is -2.09. The van der Waals surface area contributed by atoms with Gasteiger partial charge < -0.3 is 4.90 Å². The second-order valence-corrected chi connectivity index (χ2v) is 17.0. The van der Waals surface area contributed by atoms with Crippen LogP contribution in [0.15, 0.2) is 285 Å². The molecule has 0 aromatic heterocycles. The molecule has 12 aromatic carbocycles. The summed E-state index contributed by atoms with van der Waals surface area (Å²) in [6, 6.07) is 74.2. The summed E-state index contributed by atoms with van der Waals surface area (Å²) < 4.78 is 78.2. The first kappa shape index (κ1) is 33.4. The average Bonchev–Trinajstić information content (AvgIpc) is 3.50. The van der Waals surface area contributed by atoms with Crippen LogP contribution in [0.1, 0.15) is 11.0 Å². The summed E-state index contributed by atoms with van der Waals surface area (Å²) in [6.45, 7) is 0. The lowest BCUT2D eigenvalue weighted by molar-refractivity contribution is 1.28. The fraction of sp³-hybridized carbons (Fsp3) is 0. The van der Waals surface area contributed by atoms with Crippen molar-refractivity contribution in [3.05, 3.63) is 285 Å². The lowest BCUT2D eigenvalue weighted by atomic mass is 9.89. The maximum atomic E-state index is 9.90. The number of anilines is 3. The Bertz CT molecular complexity index is 4100. The average molecular weight is 886 g/mol. The van der Waals surface area contributed by atoms with Crippen LogP contribution in [-0.4, -0.2) is 0 Å². The normalized spacial score (nSPS) is 12.8. The van der Waals surface area contributed by atoms with Crippen LogP contribution in [-0.2, 0) is 0 Å². The van der Waals surface area contributed by atoms with Gasteiger partial charge in [-0.2, -0.15) is 0 Å². The van der Waals surface area contributed by atoms with Crippen molar-refractivity contribution in [3.8, 4) is 77.9 Å². The quantitative estimate of drug-likeness (QED) is 0.132. The molecule has 0 bridgehead atoms. The molecule has 69 heavy (non-hydrogen) atoms. The van der Waals surface area contributed by atoms with Gasteiger partial charge in [-0.3, -0.25) is 0 Å². The predicted octanol–water partition coefficient (Wildman–Crippen LogP) is 19.1. The van der Waals surface area contributed by atoms with Crippen molar-refractivity contribution in [3.63, 3.8) is 0 Å². The molecule has 0 atom stereocenters. The third-order valence-corrected chi connectivity index (χ3v) is 12.8. The molecule has 1 heteroatoms. The summed E-state index contributed by atoms with van der Waals surface area (Å²) in [6.07, 6.45) is 0. The summed E-state index contributed by atoms with van der Waals surface area (Å²) in [5.41, 5.74) is 10.3. The summed E-state index contributed by atoms with van der Waals surface area (Å²) in [5, 5.41) is 4.26. The Morgan fingerprint density at radius 1 is 0.232 bits per heavy atom. The molecular formula is C68H47N. The smallest absolute Gasteiger partial charge is 0.0645 e. The van der Waals surface area contributed by atoms with Crippen LogP contribution in [0, 0.1) is 0 Å². The second-order valence-electron chi connectivity index (χ2n) is 17.0. The highest BCUT2D eigenvalue weighted by atomic mass is 15.1. The molecule has 0 aliphatic rings. The minimum Gasteiger partial charge on any atom is -0.311 e. The first-order valence-electron chi connectivity index (χ1n) is 27.1. The molecule has 0 heterocycles. The highest BCUT2D eigenvalue weighted by molar-refractivity contribution is 6.04. The van der Waals surface area contributed by atoms with Crippen molar-refractivity contribution in [2.75, 3.05) is 4.90 Å². The van der Waals surface area contributed by atoms with Crippen LogP contribution in [0.25, 0.3) is 99.4 Å². The number of nitrogens with zero attached hydrogens (tertiary/aromatic N) is 1. The highest BCUT2D eigenvalue weighted by Gasteiger charge is 2.17. The van der Waals surface area contributed by atoms with E-state index >= 15 is 0 Å². The first-order valence-corrected chi connectivity index (χ1v) is 23.1. The molecule has 12 aromatic rings. The van der Waals surface area contributed by atoms with E-state index in [1.807, 2.05) is 158 Å². The van der Waals surface area contributed by atoms with Crippen LogP contribution < -0.4 is 4.90 Å². The monoisotopic (exact) mass is 885 g/mol. The lowest BCUT2D eigenvalue weighted by Gasteiger charge is -2.26. The molecule has 0 unspecified atom stereocenters. The number of benzene rings is 12. The van der Waals surface area contributed by atoms with Crippen LogP contribution in [0.5, 0.6) is 0 Å². The fourth-order valence-corrected chi connectivity index (χ4v) is 9.37. The number of hydrogen-bond acceptors (Lipinski definition) is 1. The SMILES string of the molecule is [2H]c1c([2H])c(N(c2ccc(-c3c(-c4ccccc4)ccc4ccccc34)cc2)c2c([2H])c([2H])c(-c3cc(-c4ccccc4)cc(-c4ccccc4)c3)c([2H])c2[2H])c([2H])c([2H])c1-c1ccc(-c2cccc3ccccc23)cc1. The zero-order valence-electron chi connectivity index (χ0n) is 45.5. The van der Waals surface area contributed by atoms with E-state index in [9.17, 15) is 11.0 Å². The molecule has 0 spiro atoms. The summed E-state index contributed by atoms with van der Waals surface area (Å²) >= 11 is 0. The standard InChI is InChI=1S/C68H47N/c1-4-15-48(16-5-1)58-45-59(49-17-6-2-7-18-49)47-60(46-58)52-33-40-62(41-34-52)69(61-38-31-51(32-39-61)50-27-29-56(30-28-50)65-26-14-23-53-21-10-12-24-64(53)65)63-42-35-57(36-43-63)68-66-25-13-11-22-55(66)37-44-67(68)54-19-8-3-9-20-54/h1-47H/i31D,32D,33D,34D,38D,39D,40D,41D. The van der Waals surface area contributed by atoms with Gasteiger partial charge in [-0.1, -0.05) is 230 Å². The fourth-order valence-electron chi connectivity index (χ4n) is 9.37. The van der Waals surface area contributed by atoms with Crippen LogP contribution in [0.2, 0.25) is 0 Å². The number of rotatable bonds is 10. The van der Waals surface area contributed by atoms with Gasteiger partial charge in [0.25, 0.3) is 0 Å². The molecule has 0 radical (unpaired) electrons. The molecule has 0 saturated heterocycles. The zero-order chi connectivity index (χ0) is 52.9. The van der Waals surface area contributed by atoms with Crippen molar-refractivity contribution >= 4 is 38.6 Å². The van der Waals surface area contributed by atoms with Gasteiger partial charge in [0, 0.05) is 17.1 Å². The Hall–Kier alpha value is -9.04. The summed E-state index contributed by atoms with van der Waals surface area (Å²) in [5.74, 6) is 0. The van der Waals surface area contributed by atoms with E-state index in [1.165, 1.54) is 4.90 Å². The Balaban J connectivity index is 1.05. The molecule has 0 fully saturated rings. The van der Waals surface area contributed by atoms with Gasteiger partial charge in [0.2, 0.25) is 0 Å². The van der Waals surface area contributed by atoms with Gasteiger partial charge in [0.15, 0.2) is 0 Å². The largest absolute Gasteiger partial charge is 0.311 e. The van der Waals surface area contributed by atoms with E-state index in [0.717, 1.165) is 77.2 Å². The van der Waals surface area contributed by atoms with Crippen molar-refractivity contribution in [2.24, 2.45) is 0 Å². The van der Waals surface area contributed by atoms with Crippen molar-refractivity contribution < 1.29 is 11.0 Å². The third kappa shape index (κ3) is 8.28. The minimum absolute atomic E-state index is 0.0836. The van der Waals surface area contributed by atoms with Gasteiger partial charge in [0.1, 0.15) is 0 Å². The summed E-state index contributed by atoms with van der Waals surface area (Å²) in [4.78, 5) is 1.37. The molecule has 0 aliphatic carbocycles. The zero-order valence-corrected chi connectivity index (χ0v) is 37.5. The molecule has 12 rings (SSSR count). The highest BCUT2D eigenvalue weighted by Crippen LogP contribution is 2.42. The maximum absolute atomic E-state index is 9.90. The molecule has 0 aliphatic heterocycles. The van der Waals surface area contributed by atoms with Gasteiger partial charge in [-0.15, -0.1) is 0 Å². The molecular weight excluding hydrogens is 831 g/mol. The van der Waals surface area contributed by atoms with Crippen molar-refractivity contribution in [1.82, 2.24) is 0 Å². The Kier molecular flexibility index (Phi) is 8.88. The van der Waals surface area contributed by atoms with Crippen LogP contribution in [0.3, 0.4) is 0 Å². The van der Waals surface area contributed by atoms with Crippen molar-refractivity contribution in [2.45, 2.75) is 0 Å². The van der Waals surface area contributed by atoms with E-state index in [-0.39, 0.29) is 46.7 Å². The first-order chi connectivity index (χ1) is 37.5. The van der Waals surface area contributed by atoms with Gasteiger partial charge >= 0.3 is 0 Å². The van der Waals surface area contributed by atoms with Crippen LogP contribution in [0.4, 0.5) is 17.1 Å². The Morgan fingerprint density at radius 2 is 0.638 bits per heavy atom. The number of fused-ring (bicyclic) bond motifs is 2. The minimum atomic E-state index is -0.415. The van der Waals surface area contributed by atoms with E-state index < -0.39 is 24.2 Å². The van der Waals surface area contributed by atoms with E-state index in [0.29, 0.717) is 16.8 Å². The Labute approximate surface area is 415 Å². The molecule has 324 valence electrons. The van der Waals surface area contributed by atoms with Crippen LogP contribution >= 0.6 is 0 Å². The third-order valence-electron chi connectivity index (χ3n) is 12.8. The molecule has 0 N–H and O–H groups in total. The predicted molar refractivity (Wildman–Crippen MR) is 294 cm³/mol. The van der Waals surface area contributed by atoms with Gasteiger partial charge in [-0.25, -0.2) is 0 Å². The number of hydrogen-bond donors (Lipinski definition) is 0. The van der Waals surface area contributed by atoms with E-state index in [4.69, 9.17) is 0 Å². The van der Waals surface area contributed by atoms with Gasteiger partial charge in [-0.05, 0) is 154 Å². The topological polar surface area (TPSA) is 3.24 Å². The van der Waals surface area contributed by atoms with E-state index in [1.54, 1.807) is 12.1 Å². The molecule has 0 saturated carbocycles. The second kappa shape index (κ2) is 18.3. The maximum Gasteiger partial charge on any atom is 0.0645 e. The van der Waals surface area contributed by atoms with Crippen molar-refractivity contribution in [1.29, 1.82) is 0 Å². The van der Waals surface area contributed by atoms with Gasteiger partial charge in [0.05, 0.1) is 11.0 Å². The summed E-state index contributed by atoms with van der Waals surface area (Å²) in [7, 11) is 0. The molecule has 0 amide bonds.